The lowest BCUT2D eigenvalue weighted by atomic mass is 9.78. The molecule has 23 heteroatoms. The number of benzene rings is 8. The van der Waals surface area contributed by atoms with E-state index in [1.807, 2.05) is 72.8 Å². The number of nitrogens with one attached hydrogen (secondary N) is 1. The van der Waals surface area contributed by atoms with Crippen molar-refractivity contribution in [3.63, 3.8) is 0 Å². The van der Waals surface area contributed by atoms with Gasteiger partial charge in [-0.3, -0.25) is 18.2 Å². The van der Waals surface area contributed by atoms with E-state index in [4.69, 9.17) is 28.1 Å². The molecule has 0 bridgehead atoms. The van der Waals surface area contributed by atoms with E-state index >= 15 is 0 Å². The Balaban J connectivity index is 0.000000159. The molecular weight excluding hydrogens is 1330 g/mol. The van der Waals surface area contributed by atoms with Crippen molar-refractivity contribution in [1.29, 1.82) is 0 Å². The van der Waals surface area contributed by atoms with Crippen molar-refractivity contribution in [2.75, 3.05) is 42.3 Å². The van der Waals surface area contributed by atoms with Gasteiger partial charge in [-0.1, -0.05) is 81.1 Å². The summed E-state index contributed by atoms with van der Waals surface area (Å²) in [6, 6.07) is 50.1. The average Bonchev–Trinajstić information content (AvgIpc) is 1.67. The van der Waals surface area contributed by atoms with Crippen LogP contribution in [0.25, 0.3) is 97.3 Å². The van der Waals surface area contributed by atoms with E-state index in [2.05, 4.69) is 73.2 Å². The van der Waals surface area contributed by atoms with E-state index in [1.54, 1.807) is 53.9 Å². The van der Waals surface area contributed by atoms with Crippen molar-refractivity contribution in [2.24, 2.45) is 0 Å². The summed E-state index contributed by atoms with van der Waals surface area (Å²) in [5, 5.41) is 5.58. The fourth-order valence-electron chi connectivity index (χ4n) is 10.3. The molecule has 1 aliphatic rings. The molecule has 1 N–H and O–H groups in total. The second kappa shape index (κ2) is 26.5. The molecule has 1 fully saturated rings. The standard InChI is InChI=1S/C31H24FN3O4S2.C19H20BNO2S.C19H17BrFNO4S.CH4/c1-33-30(36)28-23-16-22(19-7-6-8-20(15-19)31-34-24-9-4-5-10-27(24)40-31)25(35(2)41(3,37)38)17-26(23)39-29(28)18-11-13-21(32)14-12-18;1-18(2)19(3,4)23-20(22-18)14-9-7-8-13(12-14)17-21-15-10-5-6-11-16(15)24-17;1-4-16(23)18-13-9-14(20)15(22(2)27(3,24)25)10-17(13)26-19(18)11-5-7-12(21)8-6-11;/h4-17H,1-3H3,(H,33,36);5-12H,1-4H3;5-10H,4H2,1-3H3;1H4. The fraction of sp³-hybridized carbons (Fsp3) is 0.200. The number of para-hydroxylation sites is 2. The SMILES string of the molecule is C.CC1(C)OB(c2cccc(-c3nc4ccccc4s3)c2)OC1(C)C.CCC(=O)c1c(-c2ccc(F)cc2)oc2cc(N(C)S(C)(=O)=O)c(Br)cc12.CNC(=O)c1c(-c2ccc(F)cc2)oc2cc(N(C)S(C)(=O)=O)c(-c3cccc(-c4nc5ccccc5s4)c3)cc12. The van der Waals surface area contributed by atoms with Gasteiger partial charge in [0.2, 0.25) is 20.0 Å². The van der Waals surface area contributed by atoms with Crippen LogP contribution in [0.15, 0.2) is 183 Å². The first-order valence-electron chi connectivity index (χ1n) is 28.9. The quantitative estimate of drug-likeness (QED) is 0.0850. The molecule has 15 nitrogen and oxygen atoms in total. The van der Waals surface area contributed by atoms with Crippen LogP contribution in [0, 0.1) is 11.6 Å². The molecule has 0 atom stereocenters. The number of aromatic nitrogens is 2. The number of ketones is 1. The average molecular weight is 1390 g/mol. The van der Waals surface area contributed by atoms with Crippen LogP contribution in [0.1, 0.15) is 69.2 Å². The number of rotatable bonds is 13. The lowest BCUT2D eigenvalue weighted by Gasteiger charge is -2.32. The van der Waals surface area contributed by atoms with Crippen molar-refractivity contribution in [3.05, 3.63) is 197 Å². The van der Waals surface area contributed by atoms with E-state index in [0.29, 0.717) is 65.8 Å². The van der Waals surface area contributed by atoms with Gasteiger partial charge in [0.15, 0.2) is 5.78 Å². The lowest BCUT2D eigenvalue weighted by Crippen LogP contribution is -2.41. The Morgan fingerprint density at radius 1 is 0.581 bits per heavy atom. The molecule has 0 aliphatic carbocycles. The van der Waals surface area contributed by atoms with Crippen molar-refractivity contribution in [2.45, 2.75) is 59.7 Å². The number of furan rings is 2. The minimum absolute atomic E-state index is 0. The molecule has 1 amide bonds. The Morgan fingerprint density at radius 3 is 1.53 bits per heavy atom. The van der Waals surface area contributed by atoms with Gasteiger partial charge in [-0.05, 0) is 146 Å². The monoisotopic (exact) mass is 1390 g/mol. The molecule has 4 aromatic heterocycles. The first kappa shape index (κ1) is 67.5. The Bertz CT molecular complexity index is 4990. The van der Waals surface area contributed by atoms with E-state index in [-0.39, 0.29) is 55.2 Å². The van der Waals surface area contributed by atoms with E-state index < -0.39 is 31.7 Å². The molecule has 1 saturated heterocycles. The van der Waals surface area contributed by atoms with Crippen molar-refractivity contribution in [1.82, 2.24) is 15.3 Å². The summed E-state index contributed by atoms with van der Waals surface area (Å²) in [6.07, 6.45) is 2.49. The molecular formula is C70H65BBrF2N5O10S4. The number of amides is 1. The van der Waals surface area contributed by atoms with E-state index in [1.165, 1.54) is 78.7 Å². The van der Waals surface area contributed by atoms with Gasteiger partial charge in [-0.25, -0.2) is 35.6 Å². The first-order chi connectivity index (χ1) is 43.6. The second-order valence-electron chi connectivity index (χ2n) is 22.9. The zero-order valence-corrected chi connectivity index (χ0v) is 56.4. The third-order valence-electron chi connectivity index (χ3n) is 16.2. The molecule has 13 rings (SSSR count). The third kappa shape index (κ3) is 13.8. The summed E-state index contributed by atoms with van der Waals surface area (Å²) >= 11 is 6.66. The van der Waals surface area contributed by atoms with Gasteiger partial charge in [0, 0.05) is 82.8 Å². The summed E-state index contributed by atoms with van der Waals surface area (Å²) in [5.41, 5.74) is 8.83. The lowest BCUT2D eigenvalue weighted by molar-refractivity contribution is 0.00578. The number of anilines is 2. The number of nitrogens with zero attached hydrogens (tertiary/aromatic N) is 4. The van der Waals surface area contributed by atoms with Gasteiger partial charge in [0.05, 0.1) is 66.6 Å². The first-order valence-corrected chi connectivity index (χ1v) is 35.0. The third-order valence-corrected chi connectivity index (χ3v) is 21.4. The molecule has 93 heavy (non-hydrogen) atoms. The molecule has 8 aromatic carbocycles. The number of Topliss-reactive ketones (excluding diaryl/α,β-unsaturated/α-hetero) is 1. The predicted octanol–water partition coefficient (Wildman–Crippen LogP) is 16.8. The maximum absolute atomic E-state index is 13.7. The van der Waals surface area contributed by atoms with Gasteiger partial charge < -0.3 is 23.5 Å². The fourth-order valence-corrected chi connectivity index (χ4v) is 14.0. The summed E-state index contributed by atoms with van der Waals surface area (Å²) in [5.74, 6) is -0.724. The zero-order chi connectivity index (χ0) is 65.8. The number of carbonyl (C=O) groups is 2. The van der Waals surface area contributed by atoms with Crippen molar-refractivity contribution in [3.8, 4) is 54.9 Å². The molecule has 0 spiro atoms. The van der Waals surface area contributed by atoms with E-state index in [0.717, 1.165) is 64.7 Å². The minimum atomic E-state index is -3.66. The molecule has 478 valence electrons. The maximum atomic E-state index is 13.7. The number of halogens is 3. The molecule has 0 radical (unpaired) electrons. The smallest absolute Gasteiger partial charge is 0.455 e. The van der Waals surface area contributed by atoms with Crippen LogP contribution in [0.3, 0.4) is 0 Å². The van der Waals surface area contributed by atoms with Crippen LogP contribution in [0.4, 0.5) is 20.2 Å². The molecule has 1 aliphatic heterocycles. The normalized spacial score (nSPS) is 13.5. The second-order valence-corrected chi connectivity index (χ2v) is 29.8. The highest BCUT2D eigenvalue weighted by Crippen LogP contribution is 2.44. The van der Waals surface area contributed by atoms with Gasteiger partial charge in [0.1, 0.15) is 44.3 Å². The Labute approximate surface area is 555 Å². The maximum Gasteiger partial charge on any atom is 0.494 e. The van der Waals surface area contributed by atoms with Gasteiger partial charge in [-0.15, -0.1) is 22.7 Å². The molecule has 0 saturated carbocycles. The van der Waals surface area contributed by atoms with Crippen LogP contribution in [-0.4, -0.2) is 90.5 Å². The number of carbonyl (C=O) groups excluding carboxylic acids is 2. The molecule has 5 heterocycles. The van der Waals surface area contributed by atoms with Crippen LogP contribution in [-0.2, 0) is 29.4 Å². The van der Waals surface area contributed by atoms with Crippen molar-refractivity contribution >= 4 is 137 Å². The zero-order valence-electron chi connectivity index (χ0n) is 51.6. The summed E-state index contributed by atoms with van der Waals surface area (Å²) < 4.78 is 106. The number of hydrogen-bond acceptors (Lipinski definition) is 14. The highest BCUT2D eigenvalue weighted by Gasteiger charge is 2.51. The van der Waals surface area contributed by atoms with Crippen LogP contribution < -0.4 is 19.4 Å². The molecule has 0 unspecified atom stereocenters. The molecule has 12 aromatic rings. The Kier molecular flexibility index (Phi) is 19.2. The topological polar surface area (TPSA) is 191 Å². The van der Waals surface area contributed by atoms with Gasteiger partial charge in [-0.2, -0.15) is 0 Å². The van der Waals surface area contributed by atoms with E-state index in [9.17, 15) is 35.2 Å². The summed E-state index contributed by atoms with van der Waals surface area (Å²) in [7, 11) is -3.05. The highest BCUT2D eigenvalue weighted by molar-refractivity contribution is 9.10. The van der Waals surface area contributed by atoms with Crippen LogP contribution in [0.5, 0.6) is 0 Å². The van der Waals surface area contributed by atoms with Crippen LogP contribution >= 0.6 is 38.6 Å². The van der Waals surface area contributed by atoms with Crippen molar-refractivity contribution < 1.29 is 53.3 Å². The largest absolute Gasteiger partial charge is 0.494 e. The number of fused-ring (bicyclic) bond motifs is 4. The van der Waals surface area contributed by atoms with Gasteiger partial charge >= 0.3 is 7.12 Å². The predicted molar refractivity (Wildman–Crippen MR) is 377 cm³/mol. The highest BCUT2D eigenvalue weighted by atomic mass is 79.9. The Hall–Kier alpha value is -8.42. The minimum Gasteiger partial charge on any atom is -0.455 e. The number of thiazole rings is 2. The summed E-state index contributed by atoms with van der Waals surface area (Å²) in [6.45, 7) is 10.0. The van der Waals surface area contributed by atoms with Gasteiger partial charge in [0.25, 0.3) is 5.91 Å². The van der Waals surface area contributed by atoms with Crippen LogP contribution in [0.2, 0.25) is 0 Å². The number of sulfonamides is 2. The number of hydrogen-bond donors (Lipinski definition) is 1. The Morgan fingerprint density at radius 2 is 1.03 bits per heavy atom. The summed E-state index contributed by atoms with van der Waals surface area (Å²) in [4.78, 5) is 35.2.